The van der Waals surface area contributed by atoms with Gasteiger partial charge in [-0.2, -0.15) is 0 Å². The average molecular weight is 372 g/mol. The summed E-state index contributed by atoms with van der Waals surface area (Å²) >= 11 is 1.64. The first-order valence-corrected chi connectivity index (χ1v) is 10.7. The molecule has 5 nitrogen and oxygen atoms in total. The van der Waals surface area contributed by atoms with E-state index in [1.165, 1.54) is 12.1 Å². The number of hydrogen-bond acceptors (Lipinski definition) is 5. The largest absolute Gasteiger partial charge is 0.341 e. The predicted molar refractivity (Wildman–Crippen MR) is 91.8 cm³/mol. The molecule has 2 saturated heterocycles. The molecule has 1 amide bonds. The van der Waals surface area contributed by atoms with Crippen LogP contribution in [0.5, 0.6) is 0 Å². The third-order valence-corrected chi connectivity index (χ3v) is 7.84. The van der Waals surface area contributed by atoms with E-state index >= 15 is 0 Å². The smallest absolute Gasteiger partial charge is 0.227 e. The van der Waals surface area contributed by atoms with E-state index in [2.05, 4.69) is 4.31 Å². The van der Waals surface area contributed by atoms with E-state index in [0.717, 1.165) is 31.6 Å². The highest BCUT2D eigenvalue weighted by molar-refractivity contribution is 7.96. The molecule has 2 fully saturated rings. The van der Waals surface area contributed by atoms with Crippen molar-refractivity contribution in [3.63, 3.8) is 0 Å². The Morgan fingerprint density at radius 1 is 1.17 bits per heavy atom. The number of amides is 1. The SMILES string of the molecule is CSN1CCC(C(=O)N2CCC(S(=O)(=O)c3ccc(F)cc3)C2)C1. The van der Waals surface area contributed by atoms with Crippen LogP contribution < -0.4 is 0 Å². The Morgan fingerprint density at radius 2 is 1.88 bits per heavy atom. The van der Waals surface area contributed by atoms with Gasteiger partial charge in [-0.15, -0.1) is 0 Å². The first kappa shape index (κ1) is 17.7. The second kappa shape index (κ2) is 7.01. The third kappa shape index (κ3) is 3.45. The maximum atomic E-state index is 13.0. The summed E-state index contributed by atoms with van der Waals surface area (Å²) in [7, 11) is -3.54. The van der Waals surface area contributed by atoms with Gasteiger partial charge in [-0.3, -0.25) is 9.10 Å². The Balaban J connectivity index is 1.66. The third-order valence-electron chi connectivity index (χ3n) is 4.80. The van der Waals surface area contributed by atoms with Gasteiger partial charge in [-0.1, -0.05) is 11.9 Å². The normalized spacial score (nSPS) is 25.3. The van der Waals surface area contributed by atoms with Crippen LogP contribution >= 0.6 is 11.9 Å². The molecule has 0 N–H and O–H groups in total. The van der Waals surface area contributed by atoms with E-state index < -0.39 is 20.9 Å². The molecule has 0 aromatic heterocycles. The molecule has 2 unspecified atom stereocenters. The van der Waals surface area contributed by atoms with E-state index in [1.54, 1.807) is 16.8 Å². The maximum absolute atomic E-state index is 13.0. The number of hydrogen-bond donors (Lipinski definition) is 0. The Morgan fingerprint density at radius 3 is 2.50 bits per heavy atom. The van der Waals surface area contributed by atoms with Crippen molar-refractivity contribution in [3.8, 4) is 0 Å². The summed E-state index contributed by atoms with van der Waals surface area (Å²) in [5, 5.41) is -0.607. The molecule has 2 atom stereocenters. The van der Waals surface area contributed by atoms with Crippen LogP contribution in [0.25, 0.3) is 0 Å². The molecule has 0 aliphatic carbocycles. The minimum Gasteiger partial charge on any atom is -0.341 e. The first-order chi connectivity index (χ1) is 11.4. The Kier molecular flexibility index (Phi) is 5.17. The molecule has 0 saturated carbocycles. The van der Waals surface area contributed by atoms with Crippen LogP contribution in [0, 0.1) is 11.7 Å². The van der Waals surface area contributed by atoms with Crippen molar-refractivity contribution in [3.05, 3.63) is 30.1 Å². The summed E-state index contributed by atoms with van der Waals surface area (Å²) in [5.74, 6) is -0.440. The van der Waals surface area contributed by atoms with E-state index in [1.807, 2.05) is 6.26 Å². The molecule has 24 heavy (non-hydrogen) atoms. The molecule has 0 radical (unpaired) electrons. The summed E-state index contributed by atoms with van der Waals surface area (Å²) in [6.45, 7) is 2.32. The second-order valence-electron chi connectivity index (χ2n) is 6.25. The fourth-order valence-corrected chi connectivity index (χ4v) is 5.66. The van der Waals surface area contributed by atoms with Gasteiger partial charge in [0.15, 0.2) is 9.84 Å². The average Bonchev–Trinajstić information content (AvgIpc) is 3.24. The van der Waals surface area contributed by atoms with E-state index in [4.69, 9.17) is 0 Å². The van der Waals surface area contributed by atoms with Crippen molar-refractivity contribution in [1.82, 2.24) is 9.21 Å². The summed E-state index contributed by atoms with van der Waals surface area (Å²) < 4.78 is 40.5. The van der Waals surface area contributed by atoms with E-state index in [-0.39, 0.29) is 23.3 Å². The lowest BCUT2D eigenvalue weighted by atomic mass is 10.1. The molecular formula is C16H21FN2O3S2. The number of halogens is 1. The number of carbonyl (C=O) groups excluding carboxylic acids is 1. The summed E-state index contributed by atoms with van der Waals surface area (Å²) in [4.78, 5) is 14.4. The summed E-state index contributed by atoms with van der Waals surface area (Å²) in [5.41, 5.74) is 0. The lowest BCUT2D eigenvalue weighted by Crippen LogP contribution is -2.37. The van der Waals surface area contributed by atoms with Gasteiger partial charge in [0.2, 0.25) is 5.91 Å². The van der Waals surface area contributed by atoms with Crippen LogP contribution in [0.3, 0.4) is 0 Å². The lowest BCUT2D eigenvalue weighted by molar-refractivity contribution is -0.133. The molecule has 8 heteroatoms. The van der Waals surface area contributed by atoms with Crippen LogP contribution in [-0.4, -0.2) is 61.2 Å². The second-order valence-corrected chi connectivity index (χ2v) is 9.36. The van der Waals surface area contributed by atoms with Crippen molar-refractivity contribution in [2.24, 2.45) is 5.92 Å². The zero-order chi connectivity index (χ0) is 17.3. The number of nitrogens with zero attached hydrogens (tertiary/aromatic N) is 2. The highest BCUT2D eigenvalue weighted by Crippen LogP contribution is 2.28. The van der Waals surface area contributed by atoms with E-state index in [0.29, 0.717) is 13.0 Å². The Bertz CT molecular complexity index is 709. The van der Waals surface area contributed by atoms with Crippen molar-refractivity contribution in [1.29, 1.82) is 0 Å². The van der Waals surface area contributed by atoms with Crippen molar-refractivity contribution >= 4 is 27.7 Å². The van der Waals surface area contributed by atoms with Crippen molar-refractivity contribution in [2.45, 2.75) is 23.0 Å². The van der Waals surface area contributed by atoms with Gasteiger partial charge in [-0.25, -0.2) is 12.8 Å². The molecule has 2 aliphatic heterocycles. The molecular weight excluding hydrogens is 351 g/mol. The topological polar surface area (TPSA) is 57.7 Å². The van der Waals surface area contributed by atoms with Crippen LogP contribution in [0.1, 0.15) is 12.8 Å². The zero-order valence-electron chi connectivity index (χ0n) is 13.5. The molecule has 1 aromatic carbocycles. The highest BCUT2D eigenvalue weighted by atomic mass is 32.2. The van der Waals surface area contributed by atoms with Gasteiger partial charge in [0.25, 0.3) is 0 Å². The summed E-state index contributed by atoms with van der Waals surface area (Å²) in [6, 6.07) is 4.89. The molecule has 1 aromatic rings. The molecule has 0 bridgehead atoms. The minimum absolute atomic E-state index is 0.0373. The quantitative estimate of drug-likeness (QED) is 0.596. The molecule has 3 rings (SSSR count). The van der Waals surface area contributed by atoms with Gasteiger partial charge in [0.05, 0.1) is 16.1 Å². The Labute approximate surface area is 146 Å². The van der Waals surface area contributed by atoms with Gasteiger partial charge >= 0.3 is 0 Å². The first-order valence-electron chi connectivity index (χ1n) is 7.99. The zero-order valence-corrected chi connectivity index (χ0v) is 15.2. The van der Waals surface area contributed by atoms with Gasteiger partial charge in [-0.05, 0) is 43.4 Å². The number of rotatable bonds is 4. The van der Waals surface area contributed by atoms with Crippen molar-refractivity contribution in [2.75, 3.05) is 32.4 Å². The molecule has 0 spiro atoms. The number of benzene rings is 1. The molecule has 132 valence electrons. The maximum Gasteiger partial charge on any atom is 0.227 e. The predicted octanol–water partition coefficient (Wildman–Crippen LogP) is 1.80. The number of sulfone groups is 1. The van der Waals surface area contributed by atoms with Crippen LogP contribution in [0.4, 0.5) is 4.39 Å². The minimum atomic E-state index is -3.54. The van der Waals surface area contributed by atoms with Crippen LogP contribution in [0.15, 0.2) is 29.2 Å². The molecule has 2 aliphatic rings. The highest BCUT2D eigenvalue weighted by Gasteiger charge is 2.39. The van der Waals surface area contributed by atoms with Gasteiger partial charge in [0, 0.05) is 26.2 Å². The fourth-order valence-electron chi connectivity index (χ4n) is 3.35. The van der Waals surface area contributed by atoms with E-state index in [9.17, 15) is 17.6 Å². The molecule has 2 heterocycles. The van der Waals surface area contributed by atoms with Crippen molar-refractivity contribution < 1.29 is 17.6 Å². The summed E-state index contributed by atoms with van der Waals surface area (Å²) in [6.07, 6.45) is 3.25. The number of likely N-dealkylation sites (tertiary alicyclic amines) is 1. The van der Waals surface area contributed by atoms with Crippen LogP contribution in [0.2, 0.25) is 0 Å². The Hall–Kier alpha value is -1.12. The fraction of sp³-hybridized carbons (Fsp3) is 0.562. The standard InChI is InChI=1S/C16H21FN2O3S2/c1-23-19-9-6-12(10-19)16(20)18-8-7-15(11-18)24(21,22)14-4-2-13(17)3-5-14/h2-5,12,15H,6-11H2,1H3. The lowest BCUT2D eigenvalue weighted by Gasteiger charge is -2.21. The van der Waals surface area contributed by atoms with Crippen LogP contribution in [-0.2, 0) is 14.6 Å². The van der Waals surface area contributed by atoms with Gasteiger partial charge in [0.1, 0.15) is 5.82 Å². The van der Waals surface area contributed by atoms with Gasteiger partial charge < -0.3 is 4.90 Å². The number of carbonyl (C=O) groups is 1. The monoisotopic (exact) mass is 372 g/mol.